The third-order valence-electron chi connectivity index (χ3n) is 3.60. The summed E-state index contributed by atoms with van der Waals surface area (Å²) in [4.78, 5) is 0. The highest BCUT2D eigenvalue weighted by atomic mass is 16.5. The standard InChI is InChI=1S/C18H24N2O/c1-4-20(5-2)19-17-14-10-9-13-16(17)18(21-3)15-11-7-6-8-12-15/h6-12,14,19H,4-5,13H2,1-3H3. The highest BCUT2D eigenvalue weighted by Crippen LogP contribution is 2.28. The molecule has 0 saturated heterocycles. The predicted molar refractivity (Wildman–Crippen MR) is 88.3 cm³/mol. The summed E-state index contributed by atoms with van der Waals surface area (Å²) in [5, 5.41) is 2.18. The maximum atomic E-state index is 5.70. The number of methoxy groups -OCH3 is 1. The number of ether oxygens (including phenoxy) is 1. The van der Waals surface area contributed by atoms with Crippen LogP contribution in [0.5, 0.6) is 0 Å². The Bertz CT molecular complexity index is 540. The van der Waals surface area contributed by atoms with Crippen LogP contribution in [0.1, 0.15) is 25.8 Å². The lowest BCUT2D eigenvalue weighted by Gasteiger charge is -2.26. The Morgan fingerprint density at radius 1 is 1.19 bits per heavy atom. The summed E-state index contributed by atoms with van der Waals surface area (Å²) in [6, 6.07) is 10.3. The lowest BCUT2D eigenvalue weighted by molar-refractivity contribution is 0.237. The first-order valence-electron chi connectivity index (χ1n) is 7.51. The summed E-state index contributed by atoms with van der Waals surface area (Å²) in [6.45, 7) is 6.21. The minimum Gasteiger partial charge on any atom is -0.496 e. The molecule has 0 fully saturated rings. The van der Waals surface area contributed by atoms with Gasteiger partial charge < -0.3 is 10.2 Å². The number of nitrogens with zero attached hydrogens (tertiary/aromatic N) is 1. The number of nitrogens with one attached hydrogen (secondary N) is 1. The van der Waals surface area contributed by atoms with Gasteiger partial charge in [0.2, 0.25) is 0 Å². The number of hydrogen-bond acceptors (Lipinski definition) is 3. The van der Waals surface area contributed by atoms with E-state index in [1.54, 1.807) is 7.11 Å². The number of hydrazine groups is 1. The molecule has 3 heteroatoms. The van der Waals surface area contributed by atoms with E-state index < -0.39 is 0 Å². The van der Waals surface area contributed by atoms with Crippen molar-refractivity contribution >= 4 is 5.76 Å². The van der Waals surface area contributed by atoms with Crippen molar-refractivity contribution in [2.45, 2.75) is 20.3 Å². The van der Waals surface area contributed by atoms with Crippen LogP contribution in [0.4, 0.5) is 0 Å². The van der Waals surface area contributed by atoms with Crippen molar-refractivity contribution in [3.8, 4) is 0 Å². The molecule has 0 aliphatic heterocycles. The van der Waals surface area contributed by atoms with E-state index in [9.17, 15) is 0 Å². The summed E-state index contributed by atoms with van der Waals surface area (Å²) in [5.41, 5.74) is 6.91. The third-order valence-corrected chi connectivity index (χ3v) is 3.60. The van der Waals surface area contributed by atoms with Crippen LogP contribution in [-0.2, 0) is 4.74 Å². The largest absolute Gasteiger partial charge is 0.496 e. The molecule has 1 aromatic carbocycles. The molecule has 0 radical (unpaired) electrons. The predicted octanol–water partition coefficient (Wildman–Crippen LogP) is 3.73. The molecular weight excluding hydrogens is 260 g/mol. The first-order valence-corrected chi connectivity index (χ1v) is 7.51. The molecule has 0 bridgehead atoms. The van der Waals surface area contributed by atoms with Gasteiger partial charge >= 0.3 is 0 Å². The summed E-state index contributed by atoms with van der Waals surface area (Å²) >= 11 is 0. The van der Waals surface area contributed by atoms with E-state index >= 15 is 0 Å². The second-order valence-corrected chi connectivity index (χ2v) is 4.87. The summed E-state index contributed by atoms with van der Waals surface area (Å²) in [6.07, 6.45) is 7.23. The van der Waals surface area contributed by atoms with Gasteiger partial charge in [0.1, 0.15) is 5.76 Å². The van der Waals surface area contributed by atoms with E-state index in [0.717, 1.165) is 36.5 Å². The van der Waals surface area contributed by atoms with E-state index in [1.165, 1.54) is 5.57 Å². The van der Waals surface area contributed by atoms with E-state index in [-0.39, 0.29) is 0 Å². The van der Waals surface area contributed by atoms with Crippen LogP contribution < -0.4 is 5.43 Å². The Morgan fingerprint density at radius 3 is 2.52 bits per heavy atom. The molecule has 1 aliphatic carbocycles. The average Bonchev–Trinajstić information content (AvgIpc) is 2.55. The van der Waals surface area contributed by atoms with Gasteiger partial charge in [-0.1, -0.05) is 56.3 Å². The Kier molecular flexibility index (Phi) is 5.64. The molecule has 0 atom stereocenters. The second-order valence-electron chi connectivity index (χ2n) is 4.87. The third kappa shape index (κ3) is 3.76. The van der Waals surface area contributed by atoms with Crippen molar-refractivity contribution in [1.82, 2.24) is 10.4 Å². The van der Waals surface area contributed by atoms with Gasteiger partial charge in [0.25, 0.3) is 0 Å². The Labute approximate surface area is 127 Å². The van der Waals surface area contributed by atoms with Crippen molar-refractivity contribution in [1.29, 1.82) is 0 Å². The maximum absolute atomic E-state index is 5.70. The van der Waals surface area contributed by atoms with Gasteiger partial charge in [-0.15, -0.1) is 0 Å². The van der Waals surface area contributed by atoms with Crippen molar-refractivity contribution in [3.05, 3.63) is 65.4 Å². The van der Waals surface area contributed by atoms with Gasteiger partial charge in [0, 0.05) is 24.2 Å². The van der Waals surface area contributed by atoms with Gasteiger partial charge in [0.15, 0.2) is 0 Å². The topological polar surface area (TPSA) is 24.5 Å². The zero-order valence-corrected chi connectivity index (χ0v) is 13.1. The van der Waals surface area contributed by atoms with Crippen LogP contribution in [-0.4, -0.2) is 25.2 Å². The molecular formula is C18H24N2O. The summed E-state index contributed by atoms with van der Waals surface area (Å²) in [7, 11) is 1.74. The van der Waals surface area contributed by atoms with Crippen LogP contribution in [0.2, 0.25) is 0 Å². The second kappa shape index (κ2) is 7.70. The molecule has 21 heavy (non-hydrogen) atoms. The van der Waals surface area contributed by atoms with Crippen molar-refractivity contribution in [3.63, 3.8) is 0 Å². The summed E-state index contributed by atoms with van der Waals surface area (Å²) < 4.78 is 5.70. The van der Waals surface area contributed by atoms with Crippen molar-refractivity contribution in [2.24, 2.45) is 0 Å². The zero-order valence-electron chi connectivity index (χ0n) is 13.1. The smallest absolute Gasteiger partial charge is 0.131 e. The van der Waals surface area contributed by atoms with Gasteiger partial charge in [-0.25, -0.2) is 5.01 Å². The van der Waals surface area contributed by atoms with Crippen LogP contribution in [0.15, 0.2) is 59.8 Å². The van der Waals surface area contributed by atoms with E-state index in [0.29, 0.717) is 0 Å². The van der Waals surface area contributed by atoms with Gasteiger partial charge in [-0.3, -0.25) is 0 Å². The van der Waals surface area contributed by atoms with Crippen LogP contribution >= 0.6 is 0 Å². The molecule has 1 aliphatic rings. The molecule has 0 amide bonds. The average molecular weight is 284 g/mol. The minimum absolute atomic E-state index is 0.873. The fraction of sp³-hybridized carbons (Fsp3) is 0.333. The molecule has 2 rings (SSSR count). The molecule has 0 heterocycles. The Hall–Kier alpha value is -2.00. The van der Waals surface area contributed by atoms with E-state index in [4.69, 9.17) is 4.74 Å². The fourth-order valence-electron chi connectivity index (χ4n) is 2.44. The lowest BCUT2D eigenvalue weighted by atomic mass is 9.99. The van der Waals surface area contributed by atoms with Crippen LogP contribution in [0.25, 0.3) is 5.76 Å². The minimum atomic E-state index is 0.873. The van der Waals surface area contributed by atoms with Gasteiger partial charge in [-0.2, -0.15) is 0 Å². The Balaban J connectivity index is 2.36. The molecule has 0 unspecified atom stereocenters. The molecule has 1 N–H and O–H groups in total. The highest BCUT2D eigenvalue weighted by molar-refractivity contribution is 5.68. The van der Waals surface area contributed by atoms with Crippen LogP contribution in [0, 0.1) is 0 Å². The molecule has 0 spiro atoms. The number of benzene rings is 1. The maximum Gasteiger partial charge on any atom is 0.131 e. The quantitative estimate of drug-likeness (QED) is 0.636. The number of rotatable bonds is 6. The highest BCUT2D eigenvalue weighted by Gasteiger charge is 2.16. The SMILES string of the molecule is CCN(CC)NC1=CC=CCC1=C(OC)c1ccccc1. The monoisotopic (exact) mass is 284 g/mol. The molecule has 3 nitrogen and oxygen atoms in total. The molecule has 0 aromatic heterocycles. The van der Waals surface area contributed by atoms with E-state index in [2.05, 4.69) is 54.6 Å². The molecule has 0 saturated carbocycles. The molecule has 112 valence electrons. The zero-order chi connectivity index (χ0) is 15.1. The first-order chi connectivity index (χ1) is 10.3. The summed E-state index contributed by atoms with van der Waals surface area (Å²) in [5.74, 6) is 0.936. The molecule has 1 aromatic rings. The van der Waals surface area contributed by atoms with Crippen molar-refractivity contribution in [2.75, 3.05) is 20.2 Å². The van der Waals surface area contributed by atoms with Crippen LogP contribution in [0.3, 0.4) is 0 Å². The van der Waals surface area contributed by atoms with Crippen molar-refractivity contribution < 1.29 is 4.74 Å². The van der Waals surface area contributed by atoms with Gasteiger partial charge in [-0.05, 0) is 12.5 Å². The number of hydrogen-bond donors (Lipinski definition) is 1. The number of allylic oxidation sites excluding steroid dienone is 4. The normalized spacial score (nSPS) is 16.7. The lowest BCUT2D eigenvalue weighted by Crippen LogP contribution is -2.37. The fourth-order valence-corrected chi connectivity index (χ4v) is 2.44. The van der Waals surface area contributed by atoms with E-state index in [1.807, 2.05) is 18.2 Å². The first kappa shape index (κ1) is 15.4. The Morgan fingerprint density at radius 2 is 1.90 bits per heavy atom. The van der Waals surface area contributed by atoms with Gasteiger partial charge in [0.05, 0.1) is 12.8 Å².